The number of rotatable bonds is 3. The van der Waals surface area contributed by atoms with Gasteiger partial charge in [-0.15, -0.1) is 11.3 Å². The lowest BCUT2D eigenvalue weighted by atomic mass is 9.82. The molecule has 1 saturated carbocycles. The summed E-state index contributed by atoms with van der Waals surface area (Å²) in [6.45, 7) is 1.15. The van der Waals surface area contributed by atoms with Gasteiger partial charge in [-0.25, -0.2) is 8.42 Å². The first kappa shape index (κ1) is 16.0. The maximum Gasteiger partial charge on any atom is 0.234 e. The number of nitrogens with zero attached hydrogens (tertiary/aromatic N) is 1. The number of piperidine rings is 1. The van der Waals surface area contributed by atoms with Crippen molar-refractivity contribution in [3.05, 3.63) is 22.4 Å². The van der Waals surface area contributed by atoms with E-state index in [4.69, 9.17) is 0 Å². The maximum absolute atomic E-state index is 13.2. The first-order valence-electron chi connectivity index (χ1n) is 7.96. The van der Waals surface area contributed by atoms with Crippen LogP contribution in [0.1, 0.15) is 43.4 Å². The summed E-state index contributed by atoms with van der Waals surface area (Å²) >= 11 is 1.67. The number of sulfone groups is 1. The van der Waals surface area contributed by atoms with E-state index >= 15 is 0 Å². The first-order chi connectivity index (χ1) is 10.4. The van der Waals surface area contributed by atoms with Gasteiger partial charge in [0, 0.05) is 24.2 Å². The van der Waals surface area contributed by atoms with Crippen LogP contribution in [-0.2, 0) is 20.0 Å². The van der Waals surface area contributed by atoms with Gasteiger partial charge in [0.1, 0.15) is 9.84 Å². The number of carbonyl (C=O) groups is 1. The van der Waals surface area contributed by atoms with Gasteiger partial charge in [-0.3, -0.25) is 4.79 Å². The van der Waals surface area contributed by atoms with E-state index < -0.39 is 9.84 Å². The molecule has 0 unspecified atom stereocenters. The Kier molecular flexibility index (Phi) is 4.34. The van der Waals surface area contributed by atoms with Crippen LogP contribution in [0.3, 0.4) is 0 Å². The number of hydrogen-bond donors (Lipinski definition) is 0. The van der Waals surface area contributed by atoms with E-state index in [1.54, 1.807) is 11.3 Å². The van der Waals surface area contributed by atoms with E-state index in [1.165, 1.54) is 11.1 Å². The molecule has 22 heavy (non-hydrogen) atoms. The zero-order valence-corrected chi connectivity index (χ0v) is 14.6. The Labute approximate surface area is 136 Å². The standard InChI is InChI=1S/C16H23NO3S2/c1-22(19,20)13-6-10-17(11-7-13)15(18)16(8-2-3-9-16)14-5-4-12-21-14/h4-5,12-13H,2-3,6-11H2,1H3. The largest absolute Gasteiger partial charge is 0.342 e. The van der Waals surface area contributed by atoms with Gasteiger partial charge in [-0.1, -0.05) is 18.9 Å². The molecule has 1 aliphatic carbocycles. The predicted octanol–water partition coefficient (Wildman–Crippen LogP) is 2.60. The molecule has 1 amide bonds. The van der Waals surface area contributed by atoms with E-state index in [0.717, 1.165) is 25.7 Å². The molecule has 3 rings (SSSR count). The summed E-state index contributed by atoms with van der Waals surface area (Å²) in [7, 11) is -2.99. The Bertz CT molecular complexity index is 622. The third-order valence-electron chi connectivity index (χ3n) is 5.19. The second kappa shape index (κ2) is 5.96. The highest BCUT2D eigenvalue weighted by Crippen LogP contribution is 2.44. The lowest BCUT2D eigenvalue weighted by molar-refractivity contribution is -0.138. The van der Waals surface area contributed by atoms with Crippen molar-refractivity contribution in [2.45, 2.75) is 49.2 Å². The van der Waals surface area contributed by atoms with Crippen molar-refractivity contribution in [3.8, 4) is 0 Å². The summed E-state index contributed by atoms with van der Waals surface area (Å²) < 4.78 is 23.3. The number of carbonyl (C=O) groups excluding carboxylic acids is 1. The van der Waals surface area contributed by atoms with Crippen molar-refractivity contribution in [1.29, 1.82) is 0 Å². The van der Waals surface area contributed by atoms with Gasteiger partial charge >= 0.3 is 0 Å². The zero-order valence-electron chi connectivity index (χ0n) is 13.0. The maximum atomic E-state index is 13.2. The first-order valence-corrected chi connectivity index (χ1v) is 10.8. The zero-order chi connectivity index (χ0) is 15.8. The van der Waals surface area contributed by atoms with Crippen LogP contribution in [0.25, 0.3) is 0 Å². The molecule has 2 heterocycles. The molecule has 1 aliphatic heterocycles. The molecular formula is C16H23NO3S2. The van der Waals surface area contributed by atoms with E-state index in [2.05, 4.69) is 6.07 Å². The fourth-order valence-electron chi connectivity index (χ4n) is 3.88. The molecule has 1 aromatic heterocycles. The molecule has 0 bridgehead atoms. The summed E-state index contributed by atoms with van der Waals surface area (Å²) in [6.07, 6.45) is 6.51. The van der Waals surface area contributed by atoms with E-state index in [-0.39, 0.29) is 16.6 Å². The molecular weight excluding hydrogens is 318 g/mol. The molecule has 1 aromatic rings. The van der Waals surface area contributed by atoms with Crippen molar-refractivity contribution >= 4 is 27.1 Å². The van der Waals surface area contributed by atoms with Crippen LogP contribution in [0.2, 0.25) is 0 Å². The monoisotopic (exact) mass is 341 g/mol. The molecule has 0 spiro atoms. The quantitative estimate of drug-likeness (QED) is 0.849. The van der Waals surface area contributed by atoms with Crippen molar-refractivity contribution in [1.82, 2.24) is 4.90 Å². The van der Waals surface area contributed by atoms with Crippen molar-refractivity contribution in [3.63, 3.8) is 0 Å². The highest BCUT2D eigenvalue weighted by Gasteiger charge is 2.46. The Morgan fingerprint density at radius 3 is 2.41 bits per heavy atom. The lowest BCUT2D eigenvalue weighted by Gasteiger charge is -2.37. The summed E-state index contributed by atoms with van der Waals surface area (Å²) in [5.41, 5.74) is -0.341. The van der Waals surface area contributed by atoms with Gasteiger partial charge in [-0.05, 0) is 37.1 Å². The third-order valence-corrected chi connectivity index (χ3v) is 7.95. The summed E-state index contributed by atoms with van der Waals surface area (Å²) in [5.74, 6) is 0.222. The molecule has 0 aromatic carbocycles. The third kappa shape index (κ3) is 2.83. The van der Waals surface area contributed by atoms with Crippen LogP contribution in [0.15, 0.2) is 17.5 Å². The van der Waals surface area contributed by atoms with E-state index in [9.17, 15) is 13.2 Å². The van der Waals surface area contributed by atoms with Crippen LogP contribution >= 0.6 is 11.3 Å². The summed E-state index contributed by atoms with van der Waals surface area (Å²) in [4.78, 5) is 16.3. The fourth-order valence-corrected chi connectivity index (χ4v) is 5.93. The molecule has 0 radical (unpaired) electrons. The highest BCUT2D eigenvalue weighted by atomic mass is 32.2. The van der Waals surface area contributed by atoms with Gasteiger partial charge in [0.2, 0.25) is 5.91 Å². The Balaban J connectivity index is 1.76. The molecule has 2 fully saturated rings. The number of hydrogen-bond acceptors (Lipinski definition) is 4. The van der Waals surface area contributed by atoms with Crippen LogP contribution in [0.4, 0.5) is 0 Å². The molecule has 122 valence electrons. The Morgan fingerprint density at radius 2 is 1.91 bits per heavy atom. The Hall–Kier alpha value is -0.880. The minimum absolute atomic E-state index is 0.222. The Morgan fingerprint density at radius 1 is 1.27 bits per heavy atom. The second-order valence-electron chi connectivity index (χ2n) is 6.59. The summed E-state index contributed by atoms with van der Waals surface area (Å²) in [5, 5.41) is 1.76. The minimum Gasteiger partial charge on any atom is -0.342 e. The number of likely N-dealkylation sites (tertiary alicyclic amines) is 1. The average Bonchev–Trinajstić information content (AvgIpc) is 3.17. The molecule has 2 aliphatic rings. The second-order valence-corrected chi connectivity index (χ2v) is 9.86. The number of thiophene rings is 1. The van der Waals surface area contributed by atoms with Gasteiger partial charge in [0.15, 0.2) is 0 Å². The minimum atomic E-state index is -2.99. The lowest BCUT2D eigenvalue weighted by Crippen LogP contribution is -2.49. The van der Waals surface area contributed by atoms with Gasteiger partial charge < -0.3 is 4.90 Å². The fraction of sp³-hybridized carbons (Fsp3) is 0.688. The smallest absolute Gasteiger partial charge is 0.234 e. The van der Waals surface area contributed by atoms with E-state index in [1.807, 2.05) is 16.3 Å². The van der Waals surface area contributed by atoms with Crippen molar-refractivity contribution in [2.75, 3.05) is 19.3 Å². The predicted molar refractivity (Wildman–Crippen MR) is 88.9 cm³/mol. The van der Waals surface area contributed by atoms with Crippen LogP contribution in [0.5, 0.6) is 0 Å². The van der Waals surface area contributed by atoms with Gasteiger partial charge in [0.05, 0.1) is 10.7 Å². The molecule has 1 saturated heterocycles. The van der Waals surface area contributed by atoms with Crippen LogP contribution in [0, 0.1) is 0 Å². The van der Waals surface area contributed by atoms with Crippen LogP contribution in [-0.4, -0.2) is 43.8 Å². The topological polar surface area (TPSA) is 54.5 Å². The summed E-state index contributed by atoms with van der Waals surface area (Å²) in [6, 6.07) is 4.10. The van der Waals surface area contributed by atoms with E-state index in [0.29, 0.717) is 25.9 Å². The molecule has 4 nitrogen and oxygen atoms in total. The average molecular weight is 341 g/mol. The van der Waals surface area contributed by atoms with Gasteiger partial charge in [0.25, 0.3) is 0 Å². The number of amides is 1. The SMILES string of the molecule is CS(=O)(=O)C1CCN(C(=O)C2(c3cccs3)CCCC2)CC1. The highest BCUT2D eigenvalue weighted by molar-refractivity contribution is 7.91. The normalized spacial score (nSPS) is 22.9. The molecule has 0 atom stereocenters. The van der Waals surface area contributed by atoms with Crippen molar-refractivity contribution < 1.29 is 13.2 Å². The molecule has 6 heteroatoms. The van der Waals surface area contributed by atoms with Gasteiger partial charge in [-0.2, -0.15) is 0 Å². The van der Waals surface area contributed by atoms with Crippen LogP contribution < -0.4 is 0 Å². The molecule has 0 N–H and O–H groups in total. The van der Waals surface area contributed by atoms with Crippen molar-refractivity contribution in [2.24, 2.45) is 0 Å².